The lowest BCUT2D eigenvalue weighted by atomic mass is 9.97. The molecule has 0 saturated carbocycles. The van der Waals surface area contributed by atoms with Gasteiger partial charge in [0.05, 0.1) is 54.5 Å². The molecule has 0 radical (unpaired) electrons. The first kappa shape index (κ1) is 38.2. The Hall–Kier alpha value is -1.62. The van der Waals surface area contributed by atoms with E-state index in [-0.39, 0.29) is 78.2 Å². The van der Waals surface area contributed by atoms with E-state index in [0.717, 1.165) is 0 Å². The van der Waals surface area contributed by atoms with Crippen LogP contribution >= 0.6 is 11.8 Å². The number of amides is 2. The van der Waals surface area contributed by atoms with E-state index in [4.69, 9.17) is 33.3 Å². The molecule has 4 rings (SSSR count). The van der Waals surface area contributed by atoms with Crippen LogP contribution in [0, 0.1) is 0 Å². The molecule has 13 nitrogen and oxygen atoms in total. The third-order valence-electron chi connectivity index (χ3n) is 9.21. The van der Waals surface area contributed by atoms with Gasteiger partial charge in [0.1, 0.15) is 6.10 Å². The number of nitrogens with one attached hydrogen (secondary N) is 2. The Morgan fingerprint density at radius 3 is 2.34 bits per heavy atom. The average Bonchev–Trinajstić information content (AvgIpc) is 3.34. The molecule has 3 saturated heterocycles. The number of nitrogens with zero attached hydrogens (tertiary/aromatic N) is 1. The number of imide groups is 1. The number of unbranched alkanes of at least 4 members (excludes halogenated alkanes) is 2. The van der Waals surface area contributed by atoms with Crippen LogP contribution in [0.25, 0.3) is 0 Å². The van der Waals surface area contributed by atoms with E-state index in [0.29, 0.717) is 57.7 Å². The molecule has 0 aromatic carbocycles. The van der Waals surface area contributed by atoms with Gasteiger partial charge < -0.3 is 33.7 Å². The highest BCUT2D eigenvalue weighted by Crippen LogP contribution is 2.32. The summed E-state index contributed by atoms with van der Waals surface area (Å²) in [4.78, 5) is 43.5. The minimum absolute atomic E-state index is 0.0128. The number of ether oxygens (including phenoxy) is 6. The number of hydroxylamine groups is 1. The van der Waals surface area contributed by atoms with E-state index in [9.17, 15) is 14.4 Å². The summed E-state index contributed by atoms with van der Waals surface area (Å²) >= 11 is 1.61. The maximum Gasteiger partial charge on any atom is 0.306 e. The predicted octanol–water partition coefficient (Wildman–Crippen LogP) is 2.85. The van der Waals surface area contributed by atoms with Crippen LogP contribution in [0.3, 0.4) is 0 Å². The Morgan fingerprint density at radius 2 is 1.66 bits per heavy atom. The van der Waals surface area contributed by atoms with Crippen molar-refractivity contribution < 1.29 is 47.6 Å². The van der Waals surface area contributed by atoms with Crippen LogP contribution in [0.5, 0.6) is 0 Å². The standard InChI is InChI=1S/C33H55N3O10S/c1-19(2)34-24-18-41-31(16-26(24)40-6)45-25-15-23(20(3)42-21(25)4)35-46-32-17-27(33(47-7)22(5)43-32)44-30(39)11-9-8-10-14-36-28(37)12-13-29(36)38/h12-13,19-27,31-35H,8-11,14-18H2,1-7H3. The Balaban J connectivity index is 1.21. The first-order valence-electron chi connectivity index (χ1n) is 17.0. The number of thioether (sulfide) groups is 1. The molecule has 11 unspecified atom stereocenters. The van der Waals surface area contributed by atoms with Crippen LogP contribution in [0.2, 0.25) is 0 Å². The van der Waals surface area contributed by atoms with Gasteiger partial charge in [-0.05, 0) is 46.3 Å². The molecule has 0 aromatic heterocycles. The topological polar surface area (TPSA) is 143 Å². The minimum atomic E-state index is -0.615. The quantitative estimate of drug-likeness (QED) is 0.107. The molecule has 14 heteroatoms. The van der Waals surface area contributed by atoms with E-state index >= 15 is 0 Å². The molecule has 0 aromatic rings. The zero-order chi connectivity index (χ0) is 34.1. The Labute approximate surface area is 283 Å². The third kappa shape index (κ3) is 10.9. The largest absolute Gasteiger partial charge is 0.461 e. The molecule has 3 fully saturated rings. The Bertz CT molecular complexity index is 1050. The van der Waals surface area contributed by atoms with Gasteiger partial charge in [0, 0.05) is 51.1 Å². The molecule has 2 amide bonds. The first-order valence-corrected chi connectivity index (χ1v) is 18.3. The molecule has 11 atom stereocenters. The van der Waals surface area contributed by atoms with Gasteiger partial charge in [-0.25, -0.2) is 0 Å². The summed E-state index contributed by atoms with van der Waals surface area (Å²) in [6, 6.07) is 0.276. The molecule has 268 valence electrons. The van der Waals surface area contributed by atoms with Crippen LogP contribution in [0.1, 0.15) is 79.6 Å². The number of carbonyl (C=O) groups excluding carboxylic acids is 3. The summed E-state index contributed by atoms with van der Waals surface area (Å²) in [5, 5.41) is 3.47. The number of hydrogen-bond donors (Lipinski definition) is 2. The van der Waals surface area contributed by atoms with Gasteiger partial charge in [0.25, 0.3) is 11.8 Å². The minimum Gasteiger partial charge on any atom is -0.461 e. The van der Waals surface area contributed by atoms with Gasteiger partial charge in [-0.15, -0.1) is 0 Å². The van der Waals surface area contributed by atoms with Gasteiger partial charge in [-0.2, -0.15) is 17.2 Å². The predicted molar refractivity (Wildman–Crippen MR) is 175 cm³/mol. The highest BCUT2D eigenvalue weighted by atomic mass is 32.2. The number of carbonyl (C=O) groups is 3. The second-order valence-electron chi connectivity index (χ2n) is 13.2. The summed E-state index contributed by atoms with van der Waals surface area (Å²) < 4.78 is 36.6. The second-order valence-corrected chi connectivity index (χ2v) is 14.2. The van der Waals surface area contributed by atoms with E-state index < -0.39 is 12.6 Å². The van der Waals surface area contributed by atoms with E-state index in [1.807, 2.05) is 27.0 Å². The average molecular weight is 686 g/mol. The fraction of sp³-hybridized carbons (Fsp3) is 0.848. The molecule has 47 heavy (non-hydrogen) atoms. The van der Waals surface area contributed by atoms with Crippen molar-refractivity contribution in [3.63, 3.8) is 0 Å². The summed E-state index contributed by atoms with van der Waals surface area (Å²) in [5.74, 6) is -0.845. The number of hydrogen-bond acceptors (Lipinski definition) is 13. The van der Waals surface area contributed by atoms with Gasteiger partial charge in [-0.3, -0.25) is 24.1 Å². The third-order valence-corrected chi connectivity index (χ3v) is 10.4. The monoisotopic (exact) mass is 685 g/mol. The van der Waals surface area contributed by atoms with Crippen molar-refractivity contribution in [2.24, 2.45) is 0 Å². The maximum absolute atomic E-state index is 12.8. The van der Waals surface area contributed by atoms with Crippen molar-refractivity contribution in [2.45, 2.75) is 152 Å². The fourth-order valence-corrected chi connectivity index (χ4v) is 7.55. The van der Waals surface area contributed by atoms with Crippen molar-refractivity contribution >= 4 is 29.5 Å². The summed E-state index contributed by atoms with van der Waals surface area (Å²) in [6.45, 7) is 11.1. The smallest absolute Gasteiger partial charge is 0.306 e. The van der Waals surface area contributed by atoms with Crippen molar-refractivity contribution in [1.82, 2.24) is 15.7 Å². The molecule has 4 aliphatic rings. The van der Waals surface area contributed by atoms with Gasteiger partial charge in [0.2, 0.25) is 0 Å². The van der Waals surface area contributed by atoms with Crippen LogP contribution in [-0.2, 0) is 47.6 Å². The van der Waals surface area contributed by atoms with Crippen LogP contribution < -0.4 is 10.8 Å². The summed E-state index contributed by atoms with van der Waals surface area (Å²) in [6.07, 6.45) is 6.37. The molecular formula is C33H55N3O10S. The van der Waals surface area contributed by atoms with Crippen LogP contribution in [-0.4, -0.2) is 122 Å². The molecular weight excluding hydrogens is 630 g/mol. The Kier molecular flexibility index (Phi) is 14.9. The molecule has 0 bridgehead atoms. The van der Waals surface area contributed by atoms with E-state index in [1.54, 1.807) is 18.9 Å². The fourth-order valence-electron chi connectivity index (χ4n) is 6.63. The summed E-state index contributed by atoms with van der Waals surface area (Å²) in [7, 11) is 1.72. The van der Waals surface area contributed by atoms with Gasteiger partial charge in [0.15, 0.2) is 12.6 Å². The zero-order valence-electron chi connectivity index (χ0n) is 28.9. The van der Waals surface area contributed by atoms with E-state index in [1.165, 1.54) is 17.1 Å². The summed E-state index contributed by atoms with van der Waals surface area (Å²) in [5.41, 5.74) is 3.17. The van der Waals surface area contributed by atoms with Crippen molar-refractivity contribution in [3.05, 3.63) is 12.2 Å². The first-order chi connectivity index (χ1) is 22.5. The van der Waals surface area contributed by atoms with Crippen molar-refractivity contribution in [1.29, 1.82) is 0 Å². The second kappa shape index (κ2) is 18.4. The van der Waals surface area contributed by atoms with E-state index in [2.05, 4.69) is 24.6 Å². The Morgan fingerprint density at radius 1 is 0.936 bits per heavy atom. The maximum atomic E-state index is 12.8. The molecule has 0 aliphatic carbocycles. The molecule has 4 heterocycles. The number of esters is 1. The van der Waals surface area contributed by atoms with Crippen molar-refractivity contribution in [2.75, 3.05) is 26.5 Å². The van der Waals surface area contributed by atoms with Crippen LogP contribution in [0.4, 0.5) is 0 Å². The lowest BCUT2D eigenvalue weighted by Gasteiger charge is -2.43. The lowest BCUT2D eigenvalue weighted by molar-refractivity contribution is -0.271. The molecule has 2 N–H and O–H groups in total. The van der Waals surface area contributed by atoms with Crippen LogP contribution in [0.15, 0.2) is 12.2 Å². The highest BCUT2D eigenvalue weighted by molar-refractivity contribution is 7.99. The number of rotatable bonds is 16. The van der Waals surface area contributed by atoms with Gasteiger partial charge in [-0.1, -0.05) is 20.3 Å². The zero-order valence-corrected chi connectivity index (χ0v) is 29.7. The molecule has 0 spiro atoms. The normalized spacial score (nSPS) is 36.3. The SMILES string of the molecule is COC1CC(OC2CC(NOC3CC(OC(=O)CCCCCN4C(=O)C=CC4=O)C(SC)C(C)O3)C(C)OC2C)OCC1NC(C)C. The van der Waals surface area contributed by atoms with Gasteiger partial charge >= 0.3 is 5.97 Å². The molecule has 4 aliphatic heterocycles. The lowest BCUT2D eigenvalue weighted by Crippen LogP contribution is -2.56. The number of methoxy groups -OCH3 is 1. The highest BCUT2D eigenvalue weighted by Gasteiger charge is 2.42. The van der Waals surface area contributed by atoms with Crippen molar-refractivity contribution in [3.8, 4) is 0 Å².